The number of rotatable bonds is 3. The summed E-state index contributed by atoms with van der Waals surface area (Å²) in [6.45, 7) is 0.533. The quantitative estimate of drug-likeness (QED) is 0.373. The third kappa shape index (κ3) is 2.42. The first-order valence-corrected chi connectivity index (χ1v) is 12.0. The Bertz CT molecular complexity index is 1440. The van der Waals surface area contributed by atoms with E-state index in [1.165, 1.54) is 33.4 Å². The minimum absolute atomic E-state index is 0.0479. The van der Waals surface area contributed by atoms with Crippen molar-refractivity contribution in [1.29, 1.82) is 0 Å². The highest BCUT2D eigenvalue weighted by molar-refractivity contribution is 5.75. The molecule has 0 saturated carbocycles. The molecule has 4 heteroatoms. The van der Waals surface area contributed by atoms with Crippen LogP contribution in [-0.4, -0.2) is 27.9 Å². The molecular weight excluding hydrogens is 436 g/mol. The molecule has 0 aromatic heterocycles. The van der Waals surface area contributed by atoms with Gasteiger partial charge in [0.2, 0.25) is 0 Å². The molecule has 4 nitrogen and oxygen atoms in total. The van der Waals surface area contributed by atoms with Crippen molar-refractivity contribution in [2.75, 3.05) is 27.9 Å². The standard InChI is InChI=1S/C31H26O4/c1-32-26-14-8-13-24-30(26)35-17-25-20-15-27(33-2)28(34-3)16-21(20)29-18-9-4-6-11-22(18)31(24,25)23-12-7-5-10-19(23)29/h4-16,25,29H,17H2,1-3H3/t25-,29?,31?/m1/s1. The maximum absolute atomic E-state index is 6.54. The molecule has 0 N–H and O–H groups in total. The number of ether oxygens (including phenoxy) is 4. The maximum atomic E-state index is 6.54. The van der Waals surface area contributed by atoms with E-state index in [4.69, 9.17) is 18.9 Å². The molecule has 0 amide bonds. The molecule has 0 radical (unpaired) electrons. The third-order valence-electron chi connectivity index (χ3n) is 8.21. The van der Waals surface area contributed by atoms with E-state index in [2.05, 4.69) is 72.8 Å². The van der Waals surface area contributed by atoms with E-state index >= 15 is 0 Å². The maximum Gasteiger partial charge on any atom is 0.165 e. The summed E-state index contributed by atoms with van der Waals surface area (Å²) in [5.74, 6) is 3.24. The highest BCUT2D eigenvalue weighted by Crippen LogP contribution is 2.66. The first kappa shape index (κ1) is 20.5. The topological polar surface area (TPSA) is 36.9 Å². The molecule has 174 valence electrons. The fraction of sp³-hybridized carbons (Fsp3) is 0.226. The van der Waals surface area contributed by atoms with Crippen molar-refractivity contribution in [3.8, 4) is 23.0 Å². The minimum Gasteiger partial charge on any atom is -0.493 e. The lowest BCUT2D eigenvalue weighted by Gasteiger charge is -2.48. The van der Waals surface area contributed by atoms with Crippen molar-refractivity contribution >= 4 is 0 Å². The van der Waals surface area contributed by atoms with E-state index in [1.807, 2.05) is 6.07 Å². The van der Waals surface area contributed by atoms with Gasteiger partial charge in [0.1, 0.15) is 0 Å². The summed E-state index contributed by atoms with van der Waals surface area (Å²) < 4.78 is 23.9. The second-order valence-corrected chi connectivity index (χ2v) is 9.45. The van der Waals surface area contributed by atoms with Crippen molar-refractivity contribution in [3.05, 3.63) is 118 Å². The smallest absolute Gasteiger partial charge is 0.165 e. The number of para-hydroxylation sites is 1. The van der Waals surface area contributed by atoms with Gasteiger partial charge in [-0.3, -0.25) is 0 Å². The van der Waals surface area contributed by atoms with Crippen molar-refractivity contribution in [1.82, 2.24) is 0 Å². The Morgan fingerprint density at radius 3 is 1.83 bits per heavy atom. The predicted molar refractivity (Wildman–Crippen MR) is 134 cm³/mol. The summed E-state index contributed by atoms with van der Waals surface area (Å²) in [7, 11) is 5.11. The Morgan fingerprint density at radius 1 is 0.629 bits per heavy atom. The van der Waals surface area contributed by atoms with Gasteiger partial charge in [-0.2, -0.15) is 0 Å². The molecule has 4 aromatic carbocycles. The third-order valence-corrected chi connectivity index (χ3v) is 8.21. The van der Waals surface area contributed by atoms with E-state index in [-0.39, 0.29) is 11.8 Å². The number of methoxy groups -OCH3 is 3. The summed E-state index contributed by atoms with van der Waals surface area (Å²) >= 11 is 0. The van der Waals surface area contributed by atoms with Gasteiger partial charge in [0.15, 0.2) is 23.0 Å². The van der Waals surface area contributed by atoms with Crippen LogP contribution in [-0.2, 0) is 5.41 Å². The Balaban J connectivity index is 1.70. The zero-order valence-corrected chi connectivity index (χ0v) is 20.0. The van der Waals surface area contributed by atoms with Crippen LogP contribution in [0.2, 0.25) is 0 Å². The zero-order valence-electron chi connectivity index (χ0n) is 20.0. The van der Waals surface area contributed by atoms with Crippen LogP contribution in [0.25, 0.3) is 0 Å². The Hall–Kier alpha value is -3.92. The number of hydrogen-bond acceptors (Lipinski definition) is 4. The van der Waals surface area contributed by atoms with Gasteiger partial charge >= 0.3 is 0 Å². The first-order valence-electron chi connectivity index (χ1n) is 12.0. The summed E-state index contributed by atoms with van der Waals surface area (Å²) in [4.78, 5) is 0. The van der Waals surface area contributed by atoms with Gasteiger partial charge in [-0.15, -0.1) is 0 Å². The second-order valence-electron chi connectivity index (χ2n) is 9.45. The van der Waals surface area contributed by atoms with Gasteiger partial charge in [0.25, 0.3) is 0 Å². The number of benzene rings is 4. The molecule has 1 atom stereocenters. The van der Waals surface area contributed by atoms with Gasteiger partial charge in [0, 0.05) is 17.4 Å². The van der Waals surface area contributed by atoms with Crippen molar-refractivity contribution in [2.45, 2.75) is 17.3 Å². The molecule has 1 aliphatic heterocycles. The van der Waals surface area contributed by atoms with E-state index in [0.717, 1.165) is 28.6 Å². The van der Waals surface area contributed by atoms with Gasteiger partial charge in [-0.25, -0.2) is 0 Å². The number of fused-ring (bicyclic) bond motifs is 1. The van der Waals surface area contributed by atoms with Crippen LogP contribution in [0.3, 0.4) is 0 Å². The van der Waals surface area contributed by atoms with Crippen molar-refractivity contribution < 1.29 is 18.9 Å². The average Bonchev–Trinajstić information content (AvgIpc) is 3.10. The number of hydrogen-bond donors (Lipinski definition) is 0. The fourth-order valence-corrected chi connectivity index (χ4v) is 6.93. The molecule has 3 aliphatic carbocycles. The summed E-state index contributed by atoms with van der Waals surface area (Å²) in [5.41, 5.74) is 8.55. The van der Waals surface area contributed by atoms with Gasteiger partial charge in [0.05, 0.1) is 33.4 Å². The Morgan fingerprint density at radius 2 is 1.20 bits per heavy atom. The molecule has 4 aromatic rings. The van der Waals surface area contributed by atoms with Crippen LogP contribution in [0.15, 0.2) is 78.9 Å². The summed E-state index contributed by atoms with van der Waals surface area (Å²) in [6, 6.07) is 28.4. The Kier molecular flexibility index (Phi) is 4.26. The van der Waals surface area contributed by atoms with E-state index in [9.17, 15) is 0 Å². The van der Waals surface area contributed by atoms with Crippen molar-refractivity contribution in [3.63, 3.8) is 0 Å². The van der Waals surface area contributed by atoms with Crippen LogP contribution in [0.1, 0.15) is 50.8 Å². The predicted octanol–water partition coefficient (Wildman–Crippen LogP) is 6.03. The van der Waals surface area contributed by atoms with Crippen LogP contribution in [0.4, 0.5) is 0 Å². The van der Waals surface area contributed by atoms with Gasteiger partial charge < -0.3 is 18.9 Å². The Labute approximate surface area is 205 Å². The molecular formula is C31H26O4. The van der Waals surface area contributed by atoms with E-state index < -0.39 is 5.41 Å². The van der Waals surface area contributed by atoms with Gasteiger partial charge in [-0.05, 0) is 51.6 Å². The van der Waals surface area contributed by atoms with Crippen LogP contribution >= 0.6 is 0 Å². The lowest BCUT2D eigenvalue weighted by atomic mass is 9.56. The van der Waals surface area contributed by atoms with Crippen LogP contribution in [0.5, 0.6) is 23.0 Å². The molecule has 0 saturated heterocycles. The largest absolute Gasteiger partial charge is 0.493 e. The van der Waals surface area contributed by atoms with Gasteiger partial charge in [-0.1, -0.05) is 60.7 Å². The highest BCUT2D eigenvalue weighted by Gasteiger charge is 2.57. The van der Waals surface area contributed by atoms with Crippen LogP contribution in [0, 0.1) is 0 Å². The lowest BCUT2D eigenvalue weighted by molar-refractivity contribution is 0.209. The van der Waals surface area contributed by atoms with Crippen LogP contribution < -0.4 is 18.9 Å². The molecule has 1 heterocycles. The summed E-state index contributed by atoms with van der Waals surface area (Å²) in [5, 5.41) is 0. The molecule has 2 bridgehead atoms. The molecule has 0 unspecified atom stereocenters. The average molecular weight is 463 g/mol. The summed E-state index contributed by atoms with van der Waals surface area (Å²) in [6.07, 6.45) is 0. The molecule has 1 spiro atoms. The molecule has 35 heavy (non-hydrogen) atoms. The molecule has 8 rings (SSSR count). The zero-order chi connectivity index (χ0) is 23.7. The highest BCUT2D eigenvalue weighted by atomic mass is 16.5. The lowest BCUT2D eigenvalue weighted by Crippen LogP contribution is -2.44. The van der Waals surface area contributed by atoms with Crippen molar-refractivity contribution in [2.24, 2.45) is 0 Å². The molecule has 4 aliphatic rings. The fourth-order valence-electron chi connectivity index (χ4n) is 6.93. The SMILES string of the molecule is COc1cc2c(cc1OC)[C@H]1COc3c(OC)cccc3C13c1ccccc1C2c1ccccc13. The van der Waals surface area contributed by atoms with E-state index in [0.29, 0.717) is 6.61 Å². The molecule has 0 fully saturated rings. The first-order chi connectivity index (χ1) is 17.2. The second kappa shape index (κ2) is 7.29. The van der Waals surface area contributed by atoms with E-state index in [1.54, 1.807) is 21.3 Å². The monoisotopic (exact) mass is 462 g/mol. The normalized spacial score (nSPS) is 22.4. The minimum atomic E-state index is -0.420.